The molecule has 2 heterocycles. The molecular formula is C16H21N3OS. The fourth-order valence-corrected chi connectivity index (χ4v) is 3.29. The van der Waals surface area contributed by atoms with Crippen molar-refractivity contribution in [1.82, 2.24) is 14.5 Å². The van der Waals surface area contributed by atoms with Crippen LogP contribution in [0.15, 0.2) is 18.2 Å². The molecule has 0 radical (unpaired) electrons. The van der Waals surface area contributed by atoms with Crippen LogP contribution >= 0.6 is 12.2 Å². The maximum atomic E-state index is 12.3. The molecule has 1 aliphatic rings. The van der Waals surface area contributed by atoms with Crippen molar-refractivity contribution in [2.24, 2.45) is 0 Å². The first-order valence-corrected chi connectivity index (χ1v) is 8.03. The number of nitrogens with one attached hydrogen (secondary N) is 1. The van der Waals surface area contributed by atoms with E-state index in [1.54, 1.807) is 0 Å². The van der Waals surface area contributed by atoms with Gasteiger partial charge in [-0.3, -0.25) is 4.79 Å². The second kappa shape index (κ2) is 6.02. The largest absolute Gasteiger partial charge is 0.343 e. The van der Waals surface area contributed by atoms with E-state index in [0.717, 1.165) is 37.0 Å². The number of fused-ring (bicyclic) bond motifs is 1. The van der Waals surface area contributed by atoms with E-state index in [-0.39, 0.29) is 5.91 Å². The molecule has 0 atom stereocenters. The summed E-state index contributed by atoms with van der Waals surface area (Å²) in [7, 11) is 0. The number of imidazole rings is 1. The van der Waals surface area contributed by atoms with Crippen LogP contribution in [0.2, 0.25) is 0 Å². The SMILES string of the molecule is Cc1ccc2[nH]c(=S)n(CCC(=O)N3CCCCC3)c2c1. The summed E-state index contributed by atoms with van der Waals surface area (Å²) in [5.41, 5.74) is 3.33. The Hall–Kier alpha value is -1.62. The zero-order chi connectivity index (χ0) is 14.8. The summed E-state index contributed by atoms with van der Waals surface area (Å²) < 4.78 is 2.74. The summed E-state index contributed by atoms with van der Waals surface area (Å²) in [4.78, 5) is 17.5. The Morgan fingerprint density at radius 2 is 2.05 bits per heavy atom. The van der Waals surface area contributed by atoms with Gasteiger partial charge >= 0.3 is 0 Å². The summed E-state index contributed by atoms with van der Waals surface area (Å²) >= 11 is 5.39. The van der Waals surface area contributed by atoms with Gasteiger partial charge in [-0.15, -0.1) is 0 Å². The summed E-state index contributed by atoms with van der Waals surface area (Å²) in [5, 5.41) is 0. The minimum atomic E-state index is 0.249. The Bertz CT molecular complexity index is 710. The first-order chi connectivity index (χ1) is 10.1. The van der Waals surface area contributed by atoms with Crippen molar-refractivity contribution in [3.05, 3.63) is 28.5 Å². The third-order valence-corrected chi connectivity index (χ3v) is 4.51. The number of H-pyrrole nitrogens is 1. The van der Waals surface area contributed by atoms with Crippen molar-refractivity contribution in [2.75, 3.05) is 13.1 Å². The van der Waals surface area contributed by atoms with E-state index in [1.807, 2.05) is 15.5 Å². The highest BCUT2D eigenvalue weighted by Gasteiger charge is 2.16. The molecule has 3 rings (SSSR count). The Kier molecular flexibility index (Phi) is 4.10. The van der Waals surface area contributed by atoms with Gasteiger partial charge in [0.25, 0.3) is 0 Å². The predicted molar refractivity (Wildman–Crippen MR) is 86.9 cm³/mol. The lowest BCUT2D eigenvalue weighted by Gasteiger charge is -2.26. The molecule has 1 aliphatic heterocycles. The smallest absolute Gasteiger partial charge is 0.224 e. The molecule has 0 unspecified atom stereocenters. The van der Waals surface area contributed by atoms with Gasteiger partial charge in [-0.05, 0) is 56.1 Å². The molecule has 1 fully saturated rings. The van der Waals surface area contributed by atoms with Crippen LogP contribution in [-0.4, -0.2) is 33.4 Å². The molecule has 112 valence electrons. The second-order valence-corrected chi connectivity index (χ2v) is 6.18. The van der Waals surface area contributed by atoms with Crippen molar-refractivity contribution < 1.29 is 4.79 Å². The fraction of sp³-hybridized carbons (Fsp3) is 0.500. The number of rotatable bonds is 3. The summed E-state index contributed by atoms with van der Waals surface area (Å²) in [6.45, 7) is 4.55. The average Bonchev–Trinajstić information content (AvgIpc) is 2.80. The molecule has 1 N–H and O–H groups in total. The number of benzene rings is 1. The van der Waals surface area contributed by atoms with E-state index in [1.165, 1.54) is 12.0 Å². The van der Waals surface area contributed by atoms with E-state index in [4.69, 9.17) is 12.2 Å². The highest BCUT2D eigenvalue weighted by Crippen LogP contribution is 2.17. The Morgan fingerprint density at radius 1 is 1.29 bits per heavy atom. The highest BCUT2D eigenvalue weighted by molar-refractivity contribution is 7.71. The van der Waals surface area contributed by atoms with Crippen LogP contribution in [0.3, 0.4) is 0 Å². The van der Waals surface area contributed by atoms with E-state index in [0.29, 0.717) is 17.7 Å². The van der Waals surface area contributed by atoms with Crippen LogP contribution in [0, 0.1) is 11.7 Å². The molecule has 1 saturated heterocycles. The van der Waals surface area contributed by atoms with Crippen LogP contribution in [0.4, 0.5) is 0 Å². The first kappa shape index (κ1) is 14.3. The van der Waals surface area contributed by atoms with Gasteiger partial charge in [0.1, 0.15) is 0 Å². The van der Waals surface area contributed by atoms with Gasteiger partial charge in [0.2, 0.25) is 5.91 Å². The van der Waals surface area contributed by atoms with E-state index in [9.17, 15) is 4.79 Å². The van der Waals surface area contributed by atoms with Crippen molar-refractivity contribution in [3.8, 4) is 0 Å². The third-order valence-electron chi connectivity index (χ3n) is 4.19. The number of carbonyl (C=O) groups excluding carboxylic acids is 1. The second-order valence-electron chi connectivity index (χ2n) is 5.79. The summed E-state index contributed by atoms with van der Waals surface area (Å²) in [5.74, 6) is 0.249. The van der Waals surface area contributed by atoms with Crippen LogP contribution in [-0.2, 0) is 11.3 Å². The standard InChI is InChI=1S/C16H21N3OS/c1-12-5-6-13-14(11-12)19(16(21)17-13)10-7-15(20)18-8-3-2-4-9-18/h5-6,11H,2-4,7-10H2,1H3,(H,17,21). The normalized spacial score (nSPS) is 15.6. The number of aromatic amines is 1. The minimum Gasteiger partial charge on any atom is -0.343 e. The fourth-order valence-electron chi connectivity index (χ4n) is 2.99. The van der Waals surface area contributed by atoms with Gasteiger partial charge in [0.15, 0.2) is 4.77 Å². The van der Waals surface area contributed by atoms with Gasteiger partial charge in [-0.2, -0.15) is 0 Å². The number of piperidine rings is 1. The van der Waals surface area contributed by atoms with E-state index in [2.05, 4.69) is 24.0 Å². The first-order valence-electron chi connectivity index (χ1n) is 7.62. The molecule has 1 amide bonds. The number of hydrogen-bond donors (Lipinski definition) is 1. The highest BCUT2D eigenvalue weighted by atomic mass is 32.1. The van der Waals surface area contributed by atoms with Crippen molar-refractivity contribution in [3.63, 3.8) is 0 Å². The maximum Gasteiger partial charge on any atom is 0.224 e. The molecule has 0 spiro atoms. The molecule has 0 aliphatic carbocycles. The van der Waals surface area contributed by atoms with Gasteiger partial charge in [0.05, 0.1) is 11.0 Å². The van der Waals surface area contributed by atoms with Crippen molar-refractivity contribution in [1.29, 1.82) is 0 Å². The topological polar surface area (TPSA) is 41.0 Å². The molecule has 4 nitrogen and oxygen atoms in total. The van der Waals surface area contributed by atoms with Crippen molar-refractivity contribution >= 4 is 29.2 Å². The summed E-state index contributed by atoms with van der Waals surface area (Å²) in [6, 6.07) is 6.23. The lowest BCUT2D eigenvalue weighted by molar-refractivity contribution is -0.132. The third kappa shape index (κ3) is 3.02. The average molecular weight is 303 g/mol. The van der Waals surface area contributed by atoms with Crippen molar-refractivity contribution in [2.45, 2.75) is 39.2 Å². The van der Waals surface area contributed by atoms with Gasteiger partial charge in [-0.1, -0.05) is 6.07 Å². The Morgan fingerprint density at radius 3 is 2.81 bits per heavy atom. The number of carbonyl (C=O) groups is 1. The van der Waals surface area contributed by atoms with Gasteiger partial charge in [0, 0.05) is 26.1 Å². The van der Waals surface area contributed by atoms with Gasteiger partial charge < -0.3 is 14.5 Å². The molecule has 2 aromatic rings. The Labute approximate surface area is 129 Å². The van der Waals surface area contributed by atoms with Crippen LogP contribution < -0.4 is 0 Å². The maximum absolute atomic E-state index is 12.3. The van der Waals surface area contributed by atoms with E-state index < -0.39 is 0 Å². The number of aryl methyl sites for hydroxylation is 2. The molecule has 5 heteroatoms. The van der Waals surface area contributed by atoms with E-state index >= 15 is 0 Å². The molecule has 0 bridgehead atoms. The van der Waals surface area contributed by atoms with Crippen LogP contribution in [0.5, 0.6) is 0 Å². The number of amides is 1. The minimum absolute atomic E-state index is 0.249. The number of aromatic nitrogens is 2. The molecule has 1 aromatic heterocycles. The molecule has 0 saturated carbocycles. The lowest BCUT2D eigenvalue weighted by Crippen LogP contribution is -2.36. The molecule has 21 heavy (non-hydrogen) atoms. The van der Waals surface area contributed by atoms with Crippen LogP contribution in [0.25, 0.3) is 11.0 Å². The predicted octanol–water partition coefficient (Wildman–Crippen LogP) is 3.41. The number of hydrogen-bond acceptors (Lipinski definition) is 2. The van der Waals surface area contributed by atoms with Crippen LogP contribution in [0.1, 0.15) is 31.2 Å². The molecular weight excluding hydrogens is 282 g/mol. The number of likely N-dealkylation sites (tertiary alicyclic amines) is 1. The zero-order valence-electron chi connectivity index (χ0n) is 12.4. The monoisotopic (exact) mass is 303 g/mol. The number of nitrogens with zero attached hydrogens (tertiary/aromatic N) is 2. The lowest BCUT2D eigenvalue weighted by atomic mass is 10.1. The zero-order valence-corrected chi connectivity index (χ0v) is 13.2. The molecule has 1 aromatic carbocycles. The summed E-state index contributed by atoms with van der Waals surface area (Å²) in [6.07, 6.45) is 4.04. The Balaban J connectivity index is 1.75. The van der Waals surface area contributed by atoms with Gasteiger partial charge in [-0.25, -0.2) is 0 Å². The quantitative estimate of drug-likeness (QED) is 0.883.